The normalized spacial score (nSPS) is 19.5. The quantitative estimate of drug-likeness (QED) is 0.194. The van der Waals surface area contributed by atoms with Gasteiger partial charge in [0.25, 0.3) is 0 Å². The molecule has 2 unspecified atom stereocenters. The number of hydrogen-bond acceptors (Lipinski definition) is 2. The number of aryl methyl sites for hydroxylation is 1. The molecule has 2 heterocycles. The molecule has 5 aromatic rings. The van der Waals surface area contributed by atoms with Gasteiger partial charge in [0, 0.05) is 39.9 Å². The van der Waals surface area contributed by atoms with E-state index in [0.29, 0.717) is 5.82 Å². The fourth-order valence-corrected chi connectivity index (χ4v) is 8.88. The topological polar surface area (TPSA) is 6.48 Å². The van der Waals surface area contributed by atoms with Crippen LogP contribution < -0.4 is 15.3 Å². The average Bonchev–Trinajstić information content (AvgIpc) is 3.31. The molecule has 5 aromatic carbocycles. The number of fused-ring (bicyclic) bond motifs is 4. The lowest BCUT2D eigenvalue weighted by atomic mass is 9.27. The van der Waals surface area contributed by atoms with Crippen LogP contribution in [-0.4, -0.2) is 12.8 Å². The summed E-state index contributed by atoms with van der Waals surface area (Å²) in [7, 11) is 0. The molecule has 3 aliphatic rings. The lowest BCUT2D eigenvalue weighted by Gasteiger charge is -2.52. The van der Waals surface area contributed by atoms with E-state index in [-0.39, 0.29) is 18.2 Å². The van der Waals surface area contributed by atoms with Crippen LogP contribution in [0.1, 0.15) is 62.2 Å². The number of benzene rings is 5. The van der Waals surface area contributed by atoms with Crippen LogP contribution in [0.3, 0.4) is 0 Å². The highest BCUT2D eigenvalue weighted by Crippen LogP contribution is 2.58. The predicted octanol–water partition coefficient (Wildman–Crippen LogP) is 9.60. The van der Waals surface area contributed by atoms with Gasteiger partial charge >= 0.3 is 0 Å². The largest absolute Gasteiger partial charge is 0.338 e. The standard InChI is InChI=1S/C41H39BN2/c1-5-28-18-13-14-23-31(28)37-34(6-2)43(29-19-9-7-10-20-29)35-26-17-27-36-39(35)42(37)38-32-24-15-16-25-33(32)41(3,4)40(38)44(36)30-21-11-8-12-22-30/h7-27,38,40H,5-6H2,1-4H3. The van der Waals surface area contributed by atoms with Crippen LogP contribution in [0, 0.1) is 0 Å². The van der Waals surface area contributed by atoms with Crippen LogP contribution in [0.4, 0.5) is 22.7 Å². The molecular formula is C41H39BN2. The number of anilines is 4. The van der Waals surface area contributed by atoms with E-state index in [0.717, 1.165) is 12.8 Å². The molecule has 2 aliphatic heterocycles. The lowest BCUT2D eigenvalue weighted by molar-refractivity contribution is 0.427. The highest BCUT2D eigenvalue weighted by atomic mass is 15.2. The Morgan fingerprint density at radius 1 is 0.636 bits per heavy atom. The SMILES string of the molecule is CCC1=C(c2ccccc2CC)B2c3c(cccc3N(c3ccccc3)C3C2c2ccccc2C3(C)C)N1c1ccccc1. The summed E-state index contributed by atoms with van der Waals surface area (Å²) in [4.78, 5) is 5.27. The molecule has 0 saturated carbocycles. The molecule has 0 amide bonds. The van der Waals surface area contributed by atoms with Gasteiger partial charge in [-0.1, -0.05) is 119 Å². The van der Waals surface area contributed by atoms with Crippen molar-refractivity contribution >= 4 is 40.4 Å². The van der Waals surface area contributed by atoms with Crippen LogP contribution in [0.15, 0.2) is 133 Å². The van der Waals surface area contributed by atoms with Crippen molar-refractivity contribution in [3.8, 4) is 0 Å². The summed E-state index contributed by atoms with van der Waals surface area (Å²) in [6.45, 7) is 9.83. The van der Waals surface area contributed by atoms with E-state index >= 15 is 0 Å². The van der Waals surface area contributed by atoms with Gasteiger partial charge < -0.3 is 9.80 Å². The van der Waals surface area contributed by atoms with E-state index in [2.05, 4.69) is 165 Å². The lowest BCUT2D eigenvalue weighted by Crippen LogP contribution is -2.60. The van der Waals surface area contributed by atoms with Crippen molar-refractivity contribution in [2.24, 2.45) is 0 Å². The first kappa shape index (κ1) is 27.1. The first-order chi connectivity index (χ1) is 21.6. The third-order valence-corrected chi connectivity index (χ3v) is 10.6. The highest BCUT2D eigenvalue weighted by molar-refractivity contribution is 6.94. The molecule has 1 aliphatic carbocycles. The summed E-state index contributed by atoms with van der Waals surface area (Å²) in [6.07, 6.45) is 1.96. The second-order valence-electron chi connectivity index (χ2n) is 13.1. The molecule has 0 saturated heterocycles. The molecule has 0 radical (unpaired) electrons. The van der Waals surface area contributed by atoms with Crippen LogP contribution in [0.5, 0.6) is 0 Å². The van der Waals surface area contributed by atoms with Gasteiger partial charge in [0.1, 0.15) is 0 Å². The zero-order valence-electron chi connectivity index (χ0n) is 26.2. The minimum Gasteiger partial charge on any atom is -0.338 e. The van der Waals surface area contributed by atoms with Crippen molar-refractivity contribution in [1.29, 1.82) is 0 Å². The number of nitrogens with zero attached hydrogens (tertiary/aromatic N) is 2. The Morgan fingerprint density at radius 3 is 2.00 bits per heavy atom. The van der Waals surface area contributed by atoms with E-state index in [4.69, 9.17) is 0 Å². The van der Waals surface area contributed by atoms with Crippen LogP contribution in [0.25, 0.3) is 5.47 Å². The highest BCUT2D eigenvalue weighted by Gasteiger charge is 2.59. The van der Waals surface area contributed by atoms with Crippen molar-refractivity contribution in [3.63, 3.8) is 0 Å². The van der Waals surface area contributed by atoms with E-state index in [1.807, 2.05) is 0 Å². The summed E-state index contributed by atoms with van der Waals surface area (Å²) in [5, 5.41) is 0. The fraction of sp³-hybridized carbons (Fsp3) is 0.220. The second-order valence-corrected chi connectivity index (χ2v) is 13.1. The van der Waals surface area contributed by atoms with Gasteiger partial charge in [-0.15, -0.1) is 0 Å². The summed E-state index contributed by atoms with van der Waals surface area (Å²) < 4.78 is 0. The molecule has 0 spiro atoms. The number of hydrogen-bond donors (Lipinski definition) is 0. The van der Waals surface area contributed by atoms with Gasteiger partial charge in [-0.25, -0.2) is 0 Å². The molecule has 0 bridgehead atoms. The molecule has 2 atom stereocenters. The van der Waals surface area contributed by atoms with Crippen molar-refractivity contribution in [1.82, 2.24) is 0 Å². The Balaban J connectivity index is 1.53. The molecular weight excluding hydrogens is 531 g/mol. The van der Waals surface area contributed by atoms with E-state index < -0.39 is 0 Å². The van der Waals surface area contributed by atoms with E-state index in [1.165, 1.54) is 61.6 Å². The monoisotopic (exact) mass is 570 g/mol. The van der Waals surface area contributed by atoms with Crippen LogP contribution in [-0.2, 0) is 11.8 Å². The van der Waals surface area contributed by atoms with Gasteiger partial charge in [-0.05, 0) is 88.2 Å². The van der Waals surface area contributed by atoms with Gasteiger partial charge in [-0.2, -0.15) is 0 Å². The van der Waals surface area contributed by atoms with Gasteiger partial charge in [0.15, 0.2) is 0 Å². The van der Waals surface area contributed by atoms with Crippen LogP contribution in [0.2, 0.25) is 0 Å². The molecule has 8 rings (SSSR count). The molecule has 3 heteroatoms. The summed E-state index contributed by atoms with van der Waals surface area (Å²) in [5.74, 6) is 0.300. The Labute approximate surface area is 262 Å². The van der Waals surface area contributed by atoms with Crippen molar-refractivity contribution in [3.05, 3.63) is 155 Å². The Kier molecular flexibility index (Phi) is 6.34. The average molecular weight is 571 g/mol. The molecule has 0 N–H and O–H groups in total. The molecule has 2 nitrogen and oxygen atoms in total. The minimum atomic E-state index is -0.0525. The second kappa shape index (κ2) is 10.3. The first-order valence-corrected chi connectivity index (χ1v) is 16.3. The van der Waals surface area contributed by atoms with Crippen molar-refractivity contribution < 1.29 is 0 Å². The Hall–Kier alpha value is -4.50. The summed E-state index contributed by atoms with van der Waals surface area (Å²) in [5.41, 5.74) is 15.3. The molecule has 0 fully saturated rings. The maximum atomic E-state index is 2.70. The third-order valence-electron chi connectivity index (χ3n) is 10.6. The minimum absolute atomic E-state index is 0.0525. The van der Waals surface area contributed by atoms with Gasteiger partial charge in [0.2, 0.25) is 6.71 Å². The first-order valence-electron chi connectivity index (χ1n) is 16.3. The zero-order valence-corrected chi connectivity index (χ0v) is 26.2. The van der Waals surface area contributed by atoms with Crippen molar-refractivity contribution in [2.45, 2.75) is 57.8 Å². The fourth-order valence-electron chi connectivity index (χ4n) is 8.88. The maximum Gasteiger partial charge on any atom is 0.227 e. The maximum absolute atomic E-state index is 2.70. The Morgan fingerprint density at radius 2 is 1.27 bits per heavy atom. The zero-order chi connectivity index (χ0) is 30.0. The summed E-state index contributed by atoms with van der Waals surface area (Å²) in [6, 6.07) is 47.9. The number of rotatable bonds is 5. The molecule has 44 heavy (non-hydrogen) atoms. The van der Waals surface area contributed by atoms with Crippen LogP contribution >= 0.6 is 0 Å². The summed E-state index contributed by atoms with van der Waals surface area (Å²) >= 11 is 0. The van der Waals surface area contributed by atoms with E-state index in [1.54, 1.807) is 0 Å². The number of allylic oxidation sites excluding steroid dienone is 1. The smallest absolute Gasteiger partial charge is 0.227 e. The Bertz CT molecular complexity index is 1890. The third kappa shape index (κ3) is 3.75. The van der Waals surface area contributed by atoms with Gasteiger partial charge in [0.05, 0.1) is 0 Å². The van der Waals surface area contributed by atoms with Crippen molar-refractivity contribution in [2.75, 3.05) is 9.80 Å². The van der Waals surface area contributed by atoms with Gasteiger partial charge in [-0.3, -0.25) is 0 Å². The predicted molar refractivity (Wildman–Crippen MR) is 188 cm³/mol. The molecule has 216 valence electrons. The molecule has 0 aromatic heterocycles. The van der Waals surface area contributed by atoms with E-state index in [9.17, 15) is 0 Å². The number of para-hydroxylation sites is 2.